The van der Waals surface area contributed by atoms with E-state index < -0.39 is 0 Å². The Hall–Kier alpha value is -1.70. The lowest BCUT2D eigenvalue weighted by Crippen LogP contribution is -1.73. The second-order valence-corrected chi connectivity index (χ2v) is 2.63. The Morgan fingerprint density at radius 1 is 0.917 bits per heavy atom. The molecule has 2 nitrogen and oxygen atoms in total. The summed E-state index contributed by atoms with van der Waals surface area (Å²) in [6, 6.07) is 9.80. The van der Waals surface area contributed by atoms with E-state index in [-0.39, 0.29) is 11.5 Å². The Kier molecular flexibility index (Phi) is 1.40. The Labute approximate surface area is 69.7 Å². The average Bonchev–Trinajstić information content (AvgIpc) is 2.12. The van der Waals surface area contributed by atoms with Crippen LogP contribution < -0.4 is 0 Å². The van der Waals surface area contributed by atoms with E-state index in [9.17, 15) is 10.2 Å². The van der Waals surface area contributed by atoms with Crippen molar-refractivity contribution in [2.45, 2.75) is 0 Å². The van der Waals surface area contributed by atoms with Gasteiger partial charge in [0.05, 0.1) is 0 Å². The molecule has 0 saturated heterocycles. The van der Waals surface area contributed by atoms with Crippen molar-refractivity contribution in [3.63, 3.8) is 0 Å². The first-order chi connectivity index (χ1) is 5.79. The highest BCUT2D eigenvalue weighted by atomic mass is 16.3. The molecule has 0 spiro atoms. The van der Waals surface area contributed by atoms with Crippen molar-refractivity contribution in [2.24, 2.45) is 0 Å². The third kappa shape index (κ3) is 0.889. The summed E-state index contributed by atoms with van der Waals surface area (Å²) in [4.78, 5) is 0. The Bertz CT molecular complexity index is 381. The molecule has 0 unspecified atom stereocenters. The van der Waals surface area contributed by atoms with Gasteiger partial charge in [-0.05, 0) is 12.1 Å². The molecule has 2 rings (SSSR count). The minimum absolute atomic E-state index is 0.0524. The first-order valence-corrected chi connectivity index (χ1v) is 3.67. The zero-order chi connectivity index (χ0) is 8.55. The summed E-state index contributed by atoms with van der Waals surface area (Å²) in [6.45, 7) is 0. The molecule has 0 heterocycles. The molecule has 59 valence electrons. The van der Waals surface area contributed by atoms with Crippen molar-refractivity contribution in [2.75, 3.05) is 0 Å². The zero-order valence-electron chi connectivity index (χ0n) is 6.32. The Balaban J connectivity index is 2.95. The van der Waals surface area contributed by atoms with Crippen LogP contribution in [-0.4, -0.2) is 5.11 Å². The minimum Gasteiger partial charge on any atom is -0.507 e. The number of rotatable bonds is 0. The van der Waals surface area contributed by atoms with Gasteiger partial charge in [0.25, 0.3) is 0 Å². The van der Waals surface area contributed by atoms with E-state index in [0.717, 1.165) is 0 Å². The maximum absolute atomic E-state index is 11.2. The molecule has 0 amide bonds. The molecule has 2 aromatic carbocycles. The lowest BCUT2D eigenvalue weighted by Gasteiger charge is -1.99. The lowest BCUT2D eigenvalue weighted by molar-refractivity contribution is 0.359. The summed E-state index contributed by atoms with van der Waals surface area (Å²) in [7, 11) is 0. The van der Waals surface area contributed by atoms with E-state index in [2.05, 4.69) is 0 Å². The van der Waals surface area contributed by atoms with Crippen LogP contribution >= 0.6 is 0 Å². The van der Waals surface area contributed by atoms with Gasteiger partial charge in [-0.3, -0.25) is 5.11 Å². The highest BCUT2D eigenvalue weighted by molar-refractivity contribution is 5.92. The van der Waals surface area contributed by atoms with E-state index >= 15 is 0 Å². The number of phenols is 1. The van der Waals surface area contributed by atoms with Gasteiger partial charge in [-0.1, -0.05) is 24.3 Å². The van der Waals surface area contributed by atoms with E-state index in [1.807, 2.05) is 0 Å². The molecule has 0 saturated carbocycles. The quantitative estimate of drug-likeness (QED) is 0.630. The number of benzene rings is 2. The summed E-state index contributed by atoms with van der Waals surface area (Å²) in [5, 5.41) is 21.8. The van der Waals surface area contributed by atoms with Crippen molar-refractivity contribution in [3.05, 3.63) is 36.4 Å². The first-order valence-electron chi connectivity index (χ1n) is 3.67. The van der Waals surface area contributed by atoms with Crippen LogP contribution in [0.4, 0.5) is 0 Å². The molecule has 0 fully saturated rings. The van der Waals surface area contributed by atoms with E-state index in [4.69, 9.17) is 0 Å². The Morgan fingerprint density at radius 2 is 1.58 bits per heavy atom. The number of aromatic hydroxyl groups is 1. The van der Waals surface area contributed by atoms with Gasteiger partial charge in [-0.15, -0.1) is 0 Å². The van der Waals surface area contributed by atoms with Crippen molar-refractivity contribution in [1.82, 2.24) is 0 Å². The first kappa shape index (κ1) is 6.98. The van der Waals surface area contributed by atoms with Gasteiger partial charge in [0.2, 0.25) is 0 Å². The van der Waals surface area contributed by atoms with Crippen molar-refractivity contribution in [3.8, 4) is 11.5 Å². The van der Waals surface area contributed by atoms with Gasteiger partial charge >= 0.3 is 0 Å². The number of hydrogen-bond acceptors (Lipinski definition) is 1. The van der Waals surface area contributed by atoms with Crippen LogP contribution in [0.25, 0.3) is 10.8 Å². The third-order valence-corrected chi connectivity index (χ3v) is 1.86. The smallest absolute Gasteiger partial charge is 0.186 e. The van der Waals surface area contributed by atoms with E-state index in [1.54, 1.807) is 24.3 Å². The number of hydrogen-bond donors (Lipinski definition) is 1. The third-order valence-electron chi connectivity index (χ3n) is 1.86. The standard InChI is InChI=1S/C10H7O2/c11-9-5-6-10(12)8-4-2-1-3-7(8)9/h1-6,11H. The van der Waals surface area contributed by atoms with Crippen LogP contribution in [0.1, 0.15) is 0 Å². The molecule has 1 N–H and O–H groups in total. The second kappa shape index (κ2) is 2.41. The van der Waals surface area contributed by atoms with E-state index in [0.29, 0.717) is 10.8 Å². The number of phenolic OH excluding ortho intramolecular Hbond substituents is 1. The van der Waals surface area contributed by atoms with Crippen LogP contribution in [0, 0.1) is 0 Å². The molecule has 12 heavy (non-hydrogen) atoms. The molecule has 2 aromatic rings. The van der Waals surface area contributed by atoms with Crippen LogP contribution in [-0.2, 0) is 5.11 Å². The fourth-order valence-corrected chi connectivity index (χ4v) is 1.26. The molecular weight excluding hydrogens is 152 g/mol. The topological polar surface area (TPSA) is 40.1 Å². The highest BCUT2D eigenvalue weighted by Crippen LogP contribution is 2.31. The second-order valence-electron chi connectivity index (χ2n) is 2.63. The summed E-state index contributed by atoms with van der Waals surface area (Å²) in [5.41, 5.74) is 0. The molecule has 0 aliphatic heterocycles. The van der Waals surface area contributed by atoms with Gasteiger partial charge < -0.3 is 5.11 Å². The summed E-state index contributed by atoms with van der Waals surface area (Å²) >= 11 is 0. The average molecular weight is 159 g/mol. The summed E-state index contributed by atoms with van der Waals surface area (Å²) in [6.07, 6.45) is 0. The lowest BCUT2D eigenvalue weighted by atomic mass is 10.1. The molecular formula is C10H7O2. The molecule has 2 heteroatoms. The van der Waals surface area contributed by atoms with Crippen LogP contribution in [0.5, 0.6) is 11.5 Å². The molecule has 0 bridgehead atoms. The van der Waals surface area contributed by atoms with Crippen molar-refractivity contribution < 1.29 is 10.2 Å². The summed E-state index contributed by atoms with van der Waals surface area (Å²) in [5.74, 6) is 0.105. The number of fused-ring (bicyclic) bond motifs is 1. The minimum atomic E-state index is -0.0524. The van der Waals surface area contributed by atoms with Crippen molar-refractivity contribution in [1.29, 1.82) is 0 Å². The van der Waals surface area contributed by atoms with Crippen LogP contribution in [0.2, 0.25) is 0 Å². The zero-order valence-corrected chi connectivity index (χ0v) is 6.32. The van der Waals surface area contributed by atoms with Gasteiger partial charge in [-0.25, -0.2) is 0 Å². The SMILES string of the molecule is [O]c1ccc(O)c2ccccc12. The van der Waals surface area contributed by atoms with Gasteiger partial charge in [0.15, 0.2) is 5.75 Å². The van der Waals surface area contributed by atoms with Gasteiger partial charge in [0.1, 0.15) is 5.75 Å². The monoisotopic (exact) mass is 159 g/mol. The Morgan fingerprint density at radius 3 is 2.25 bits per heavy atom. The molecule has 0 aromatic heterocycles. The van der Waals surface area contributed by atoms with Crippen LogP contribution in [0.15, 0.2) is 36.4 Å². The fraction of sp³-hybridized carbons (Fsp3) is 0. The largest absolute Gasteiger partial charge is 0.507 e. The fourth-order valence-electron chi connectivity index (χ4n) is 1.26. The maximum atomic E-state index is 11.2. The van der Waals surface area contributed by atoms with Crippen LogP contribution in [0.3, 0.4) is 0 Å². The van der Waals surface area contributed by atoms with E-state index in [1.165, 1.54) is 12.1 Å². The molecule has 1 radical (unpaired) electrons. The predicted octanol–water partition coefficient (Wildman–Crippen LogP) is 2.69. The summed E-state index contributed by atoms with van der Waals surface area (Å²) < 4.78 is 0. The normalized spacial score (nSPS) is 10.3. The molecule has 0 aliphatic carbocycles. The molecule has 0 atom stereocenters. The van der Waals surface area contributed by atoms with Gasteiger partial charge in [0, 0.05) is 10.8 Å². The van der Waals surface area contributed by atoms with Crippen molar-refractivity contribution >= 4 is 10.8 Å². The maximum Gasteiger partial charge on any atom is 0.186 e. The predicted molar refractivity (Wildman–Crippen MR) is 45.7 cm³/mol. The molecule has 0 aliphatic rings. The highest BCUT2D eigenvalue weighted by Gasteiger charge is 2.03. The van der Waals surface area contributed by atoms with Gasteiger partial charge in [-0.2, -0.15) is 0 Å².